The van der Waals surface area contributed by atoms with Crippen molar-refractivity contribution < 1.29 is 9.53 Å². The fourth-order valence-electron chi connectivity index (χ4n) is 3.70. The Balaban J connectivity index is 1.63. The summed E-state index contributed by atoms with van der Waals surface area (Å²) in [4.78, 5) is 27.5. The molecule has 4 aromatic rings. The van der Waals surface area contributed by atoms with E-state index < -0.39 is 0 Å². The van der Waals surface area contributed by atoms with Crippen LogP contribution in [0.3, 0.4) is 0 Å². The monoisotopic (exact) mass is 429 g/mol. The first kappa shape index (κ1) is 19.3. The number of methoxy groups -OCH3 is 1. The number of nitrogens with zero attached hydrogens (tertiary/aromatic N) is 1. The van der Waals surface area contributed by atoms with Crippen LogP contribution in [0.25, 0.3) is 10.9 Å². The molecular formula is C24H19N3O3S. The maximum Gasteiger partial charge on any atom is 0.270 e. The smallest absolute Gasteiger partial charge is 0.270 e. The first-order valence-electron chi connectivity index (χ1n) is 9.74. The maximum atomic E-state index is 12.8. The fraction of sp³-hybridized carbons (Fsp3) is 0.0833. The first-order chi connectivity index (χ1) is 15.0. The minimum absolute atomic E-state index is 0.292. The fourth-order valence-corrected chi connectivity index (χ4v) is 4.80. The first-order valence-corrected chi connectivity index (χ1v) is 10.6. The number of anilines is 2. The number of benzene rings is 3. The summed E-state index contributed by atoms with van der Waals surface area (Å²) in [5.41, 5.74) is 6.22. The highest BCUT2D eigenvalue weighted by molar-refractivity contribution is 7.99. The second kappa shape index (κ2) is 7.52. The Hall–Kier alpha value is -3.71. The van der Waals surface area contributed by atoms with Crippen molar-refractivity contribution in [3.63, 3.8) is 0 Å². The quantitative estimate of drug-likeness (QED) is 0.426. The van der Waals surface area contributed by atoms with Gasteiger partial charge in [0.2, 0.25) is 0 Å². The van der Waals surface area contributed by atoms with Gasteiger partial charge in [-0.2, -0.15) is 0 Å². The normalized spacial score (nSPS) is 11.9. The third-order valence-electron chi connectivity index (χ3n) is 5.25. The van der Waals surface area contributed by atoms with Gasteiger partial charge >= 0.3 is 0 Å². The highest BCUT2D eigenvalue weighted by atomic mass is 32.2. The molecule has 0 aliphatic carbocycles. The van der Waals surface area contributed by atoms with Crippen molar-refractivity contribution in [2.24, 2.45) is 0 Å². The standard InChI is InChI=1S/C24H19N3O3S/c1-14-11-22(28)27(26-24(29)15-7-4-3-5-8-15)19-13-18-21(12-16(14)19)31-23-17(25-18)9-6-10-20(23)30-2/h3-13,25H,1-2H3,(H,26,29). The number of fused-ring (bicyclic) bond motifs is 3. The maximum absolute atomic E-state index is 12.8. The molecule has 1 aliphatic heterocycles. The Kier molecular flexibility index (Phi) is 4.67. The molecule has 0 spiro atoms. The lowest BCUT2D eigenvalue weighted by atomic mass is 10.1. The minimum atomic E-state index is -0.344. The lowest BCUT2D eigenvalue weighted by molar-refractivity contribution is 0.101. The molecule has 2 heterocycles. The Morgan fingerprint density at radius 2 is 1.84 bits per heavy atom. The predicted octanol–water partition coefficient (Wildman–Crippen LogP) is 4.91. The highest BCUT2D eigenvalue weighted by Crippen LogP contribution is 2.49. The molecule has 3 aromatic carbocycles. The molecule has 0 saturated heterocycles. The molecule has 2 N–H and O–H groups in total. The van der Waals surface area contributed by atoms with Crippen LogP contribution in [0.5, 0.6) is 5.75 Å². The van der Waals surface area contributed by atoms with E-state index in [0.29, 0.717) is 11.1 Å². The van der Waals surface area contributed by atoms with Crippen molar-refractivity contribution in [2.45, 2.75) is 16.7 Å². The van der Waals surface area contributed by atoms with Crippen LogP contribution < -0.4 is 21.0 Å². The Bertz CT molecular complexity index is 1400. The minimum Gasteiger partial charge on any atom is -0.495 e. The number of aryl methyl sites for hydroxylation is 1. The second-order valence-electron chi connectivity index (χ2n) is 7.24. The molecule has 0 unspecified atom stereocenters. The van der Waals surface area contributed by atoms with E-state index in [1.807, 2.05) is 43.3 Å². The van der Waals surface area contributed by atoms with Gasteiger partial charge in [-0.1, -0.05) is 36.0 Å². The van der Waals surface area contributed by atoms with Crippen LogP contribution in [0.15, 0.2) is 81.3 Å². The largest absolute Gasteiger partial charge is 0.495 e. The number of ether oxygens (including phenoxy) is 1. The van der Waals surface area contributed by atoms with E-state index in [0.717, 1.165) is 37.9 Å². The number of carbonyl (C=O) groups excluding carboxylic acids is 1. The summed E-state index contributed by atoms with van der Waals surface area (Å²) >= 11 is 1.62. The number of nitrogens with one attached hydrogen (secondary N) is 2. The molecule has 6 nitrogen and oxygen atoms in total. The molecule has 0 bridgehead atoms. The zero-order chi connectivity index (χ0) is 21.5. The van der Waals surface area contributed by atoms with E-state index in [1.165, 1.54) is 10.7 Å². The van der Waals surface area contributed by atoms with E-state index in [-0.39, 0.29) is 11.5 Å². The van der Waals surface area contributed by atoms with Crippen molar-refractivity contribution in [3.8, 4) is 5.75 Å². The number of hydrogen-bond donors (Lipinski definition) is 2. The summed E-state index contributed by atoms with van der Waals surface area (Å²) in [6.07, 6.45) is 0. The van der Waals surface area contributed by atoms with Gasteiger partial charge < -0.3 is 10.1 Å². The number of rotatable bonds is 3. The highest BCUT2D eigenvalue weighted by Gasteiger charge is 2.21. The van der Waals surface area contributed by atoms with Crippen molar-refractivity contribution in [2.75, 3.05) is 17.9 Å². The molecule has 5 rings (SSSR count). The third-order valence-corrected chi connectivity index (χ3v) is 6.44. The van der Waals surface area contributed by atoms with E-state index in [4.69, 9.17) is 4.74 Å². The average molecular weight is 430 g/mol. The summed E-state index contributed by atoms with van der Waals surface area (Å²) in [7, 11) is 1.66. The molecule has 1 aromatic heterocycles. The Morgan fingerprint density at radius 1 is 1.03 bits per heavy atom. The summed E-state index contributed by atoms with van der Waals surface area (Å²) in [5.74, 6) is 0.459. The van der Waals surface area contributed by atoms with Gasteiger partial charge in [0.1, 0.15) is 5.75 Å². The Morgan fingerprint density at radius 3 is 2.61 bits per heavy atom. The molecule has 1 amide bonds. The van der Waals surface area contributed by atoms with Crippen LogP contribution in [0, 0.1) is 6.92 Å². The molecule has 0 saturated carbocycles. The lowest BCUT2D eigenvalue weighted by Gasteiger charge is -2.24. The van der Waals surface area contributed by atoms with Gasteiger partial charge in [0, 0.05) is 21.9 Å². The molecule has 7 heteroatoms. The molecule has 0 radical (unpaired) electrons. The predicted molar refractivity (Wildman–Crippen MR) is 123 cm³/mol. The van der Waals surface area contributed by atoms with Crippen LogP contribution in [0.2, 0.25) is 0 Å². The number of hydrogen-bond acceptors (Lipinski definition) is 5. The topological polar surface area (TPSA) is 72.4 Å². The van der Waals surface area contributed by atoms with Gasteiger partial charge in [-0.05, 0) is 48.9 Å². The molecular weight excluding hydrogens is 410 g/mol. The Labute approximate surface area is 182 Å². The van der Waals surface area contributed by atoms with Gasteiger partial charge in [0.05, 0.1) is 28.9 Å². The second-order valence-corrected chi connectivity index (χ2v) is 8.29. The molecule has 31 heavy (non-hydrogen) atoms. The van der Waals surface area contributed by atoms with Gasteiger partial charge in [0.15, 0.2) is 0 Å². The van der Waals surface area contributed by atoms with Crippen molar-refractivity contribution in [1.82, 2.24) is 4.68 Å². The summed E-state index contributed by atoms with van der Waals surface area (Å²) < 4.78 is 6.82. The summed E-state index contributed by atoms with van der Waals surface area (Å²) in [6.45, 7) is 1.90. The zero-order valence-corrected chi connectivity index (χ0v) is 17.7. The SMILES string of the molecule is COc1cccc2c1Sc1cc3c(C)cc(=O)n(NC(=O)c4ccccc4)c3cc1N2. The van der Waals surface area contributed by atoms with Crippen LogP contribution >= 0.6 is 11.8 Å². The van der Waals surface area contributed by atoms with E-state index in [1.54, 1.807) is 43.1 Å². The molecule has 0 atom stereocenters. The van der Waals surface area contributed by atoms with E-state index >= 15 is 0 Å². The number of carbonyl (C=O) groups is 1. The van der Waals surface area contributed by atoms with Crippen LogP contribution in [-0.2, 0) is 0 Å². The van der Waals surface area contributed by atoms with Gasteiger partial charge in [-0.25, -0.2) is 4.68 Å². The lowest BCUT2D eigenvalue weighted by Crippen LogP contribution is -2.33. The zero-order valence-electron chi connectivity index (χ0n) is 16.9. The van der Waals surface area contributed by atoms with Gasteiger partial charge in [-0.3, -0.25) is 15.0 Å². The number of amides is 1. The van der Waals surface area contributed by atoms with E-state index in [2.05, 4.69) is 10.7 Å². The summed E-state index contributed by atoms with van der Waals surface area (Å²) in [5, 5.41) is 4.32. The van der Waals surface area contributed by atoms with Gasteiger partial charge in [-0.15, -0.1) is 0 Å². The van der Waals surface area contributed by atoms with Crippen LogP contribution in [-0.4, -0.2) is 17.7 Å². The molecule has 154 valence electrons. The van der Waals surface area contributed by atoms with Crippen molar-refractivity contribution >= 4 is 39.9 Å². The van der Waals surface area contributed by atoms with Gasteiger partial charge in [0.25, 0.3) is 11.5 Å². The van der Waals surface area contributed by atoms with Crippen molar-refractivity contribution in [1.29, 1.82) is 0 Å². The average Bonchev–Trinajstić information content (AvgIpc) is 2.79. The molecule has 0 fully saturated rings. The van der Waals surface area contributed by atoms with E-state index in [9.17, 15) is 9.59 Å². The molecule has 1 aliphatic rings. The van der Waals surface area contributed by atoms with Crippen LogP contribution in [0.4, 0.5) is 11.4 Å². The summed E-state index contributed by atoms with van der Waals surface area (Å²) in [6, 6.07) is 20.2. The van der Waals surface area contributed by atoms with Crippen molar-refractivity contribution in [3.05, 3.63) is 88.2 Å². The van der Waals surface area contributed by atoms with Crippen LogP contribution in [0.1, 0.15) is 15.9 Å². The number of pyridine rings is 1. The third kappa shape index (κ3) is 3.33. The number of aromatic nitrogens is 1.